The van der Waals surface area contributed by atoms with E-state index in [2.05, 4.69) is 177 Å². The maximum absolute atomic E-state index is 3.95. The first-order chi connectivity index (χ1) is 32.6. The fourth-order valence-corrected chi connectivity index (χ4v) is 11.2. The van der Waals surface area contributed by atoms with Crippen LogP contribution in [0.3, 0.4) is 0 Å². The minimum absolute atomic E-state index is 0.478. The maximum Gasteiger partial charge on any atom is 0.0224 e. The van der Waals surface area contributed by atoms with Crippen LogP contribution in [-0.2, 0) is 39.3 Å². The second-order valence-electron chi connectivity index (χ2n) is 20.0. The van der Waals surface area contributed by atoms with E-state index in [1.54, 1.807) is 0 Å². The van der Waals surface area contributed by atoms with Crippen LogP contribution in [0.15, 0.2) is 146 Å². The third-order valence-electron chi connectivity index (χ3n) is 15.4. The molecule has 3 aliphatic carbocycles. The second-order valence-corrected chi connectivity index (χ2v) is 20.0. The molecule has 342 valence electrons. The van der Waals surface area contributed by atoms with E-state index < -0.39 is 0 Å². The van der Waals surface area contributed by atoms with E-state index in [1.165, 1.54) is 144 Å². The Morgan fingerprint density at radius 1 is 0.197 bits per heavy atom. The molecule has 3 fully saturated rings. The molecule has 12 bridgehead atoms. The molecule has 0 aromatic heterocycles. The molecule has 0 amide bonds. The Balaban J connectivity index is 0.818. The summed E-state index contributed by atoms with van der Waals surface area (Å²) in [7, 11) is 0. The van der Waals surface area contributed by atoms with Gasteiger partial charge in [0.15, 0.2) is 0 Å². The molecule has 12 aliphatic heterocycles. The summed E-state index contributed by atoms with van der Waals surface area (Å²) in [5.41, 5.74) is 15.7. The molecule has 21 rings (SSSR count). The van der Waals surface area contributed by atoms with Crippen LogP contribution in [0.5, 0.6) is 0 Å². The van der Waals surface area contributed by atoms with Crippen molar-refractivity contribution in [3.8, 4) is 33.4 Å². The molecular formula is C60H72N6. The minimum atomic E-state index is 0.478. The predicted octanol–water partition coefficient (Wildman–Crippen LogP) is 11.6. The third-order valence-corrected chi connectivity index (χ3v) is 15.4. The van der Waals surface area contributed by atoms with Gasteiger partial charge in [0.2, 0.25) is 0 Å². The standard InChI is InChI=1S/C60H72N6/c1-2-8-56-55(7-1)61-37-43-13-25-49(26-14-43)51-29-17-45(18-30-51)39-63-57-9-3-4-10-58(57)65-41-47-21-33-53(34-22-47)54-35-23-48(24-36-54)42-66-60-12-6-5-11-59(60)64-40-46-19-31-52(32-20-46)50-27-15-44(16-28-50)38-62-56/h13-36,55-66H,1-12,37-42H2. The van der Waals surface area contributed by atoms with Crippen molar-refractivity contribution in [1.29, 1.82) is 0 Å². The number of benzene rings is 6. The fourth-order valence-electron chi connectivity index (χ4n) is 11.2. The van der Waals surface area contributed by atoms with Gasteiger partial charge < -0.3 is 31.9 Å². The molecule has 6 nitrogen and oxygen atoms in total. The van der Waals surface area contributed by atoms with Gasteiger partial charge >= 0.3 is 0 Å². The smallest absolute Gasteiger partial charge is 0.0224 e. The molecule has 6 aromatic rings. The van der Waals surface area contributed by atoms with Crippen LogP contribution in [0.2, 0.25) is 0 Å². The van der Waals surface area contributed by atoms with Crippen molar-refractivity contribution in [3.63, 3.8) is 0 Å². The Morgan fingerprint density at radius 3 is 0.470 bits per heavy atom. The van der Waals surface area contributed by atoms with Crippen molar-refractivity contribution in [2.75, 3.05) is 0 Å². The zero-order chi connectivity index (χ0) is 44.3. The molecule has 3 saturated carbocycles. The van der Waals surface area contributed by atoms with E-state index >= 15 is 0 Å². The molecule has 6 N–H and O–H groups in total. The van der Waals surface area contributed by atoms with Gasteiger partial charge in [0.1, 0.15) is 0 Å². The Bertz CT molecular complexity index is 1950. The van der Waals surface area contributed by atoms with Crippen molar-refractivity contribution in [1.82, 2.24) is 31.9 Å². The molecule has 66 heavy (non-hydrogen) atoms. The normalized spacial score (nSPS) is 24.7. The van der Waals surface area contributed by atoms with Gasteiger partial charge in [-0.2, -0.15) is 0 Å². The molecule has 6 atom stereocenters. The van der Waals surface area contributed by atoms with Gasteiger partial charge in [-0.15, -0.1) is 0 Å². The average molecular weight is 877 g/mol. The van der Waals surface area contributed by atoms with Crippen molar-refractivity contribution in [3.05, 3.63) is 179 Å². The number of hydrogen-bond donors (Lipinski definition) is 6. The van der Waals surface area contributed by atoms with E-state index in [0.29, 0.717) is 36.3 Å². The van der Waals surface area contributed by atoms with Crippen molar-refractivity contribution >= 4 is 0 Å². The van der Waals surface area contributed by atoms with Crippen LogP contribution in [0, 0.1) is 0 Å². The number of nitrogens with one attached hydrogen (secondary N) is 6. The van der Waals surface area contributed by atoms with E-state index in [-0.39, 0.29) is 0 Å². The zero-order valence-electron chi connectivity index (χ0n) is 39.0. The van der Waals surface area contributed by atoms with Crippen LogP contribution in [-0.4, -0.2) is 36.3 Å². The molecule has 0 saturated heterocycles. The van der Waals surface area contributed by atoms with Gasteiger partial charge in [-0.05, 0) is 105 Å². The molecule has 12 heterocycles. The first-order valence-electron chi connectivity index (χ1n) is 25.6. The zero-order valence-corrected chi connectivity index (χ0v) is 39.0. The quantitative estimate of drug-likeness (QED) is 0.0914. The molecule has 6 unspecified atom stereocenters. The Hall–Kier alpha value is -4.92. The lowest BCUT2D eigenvalue weighted by Crippen LogP contribution is -2.49. The lowest BCUT2D eigenvalue weighted by molar-refractivity contribution is 0.281. The molecule has 6 aromatic carbocycles. The fraction of sp³-hybridized carbons (Fsp3) is 0.400. The number of rotatable bonds is 0. The van der Waals surface area contributed by atoms with Gasteiger partial charge in [0.25, 0.3) is 0 Å². The minimum Gasteiger partial charge on any atom is -0.308 e. The highest BCUT2D eigenvalue weighted by atomic mass is 15.0. The third kappa shape index (κ3) is 11.8. The topological polar surface area (TPSA) is 72.2 Å². The highest BCUT2D eigenvalue weighted by Crippen LogP contribution is 2.27. The molecule has 6 heteroatoms. The average Bonchev–Trinajstić information content (AvgIpc) is 3.38. The van der Waals surface area contributed by atoms with Gasteiger partial charge in [0.05, 0.1) is 0 Å². The van der Waals surface area contributed by atoms with Crippen molar-refractivity contribution in [2.24, 2.45) is 0 Å². The molecule has 15 aliphatic rings. The van der Waals surface area contributed by atoms with E-state index in [1.807, 2.05) is 0 Å². The van der Waals surface area contributed by atoms with Crippen molar-refractivity contribution in [2.45, 2.75) is 153 Å². The first kappa shape index (κ1) is 44.9. The van der Waals surface area contributed by atoms with E-state index in [9.17, 15) is 0 Å². The van der Waals surface area contributed by atoms with Crippen LogP contribution >= 0.6 is 0 Å². The molecular weight excluding hydrogens is 805 g/mol. The van der Waals surface area contributed by atoms with E-state index in [0.717, 1.165) is 39.3 Å². The summed E-state index contributed by atoms with van der Waals surface area (Å²) >= 11 is 0. The lowest BCUT2D eigenvalue weighted by atomic mass is 9.89. The summed E-state index contributed by atoms with van der Waals surface area (Å²) in [5.74, 6) is 0. The number of hydrogen-bond acceptors (Lipinski definition) is 6. The summed E-state index contributed by atoms with van der Waals surface area (Å²) in [6, 6.07) is 58.1. The SMILES string of the molecule is c1cc2ccc1CNC1CCCCC1NCc1ccc(cc1)-c1ccc(cc1)CNC1CCCCC1NCc1ccc(cc1)-c1ccc(cc1)CNC1CCCCC1NCc1ccc-2cc1. The first-order valence-corrected chi connectivity index (χ1v) is 25.6. The van der Waals surface area contributed by atoms with Gasteiger partial charge in [-0.1, -0.05) is 184 Å². The Morgan fingerprint density at radius 2 is 0.333 bits per heavy atom. The molecule has 0 radical (unpaired) electrons. The van der Waals surface area contributed by atoms with Crippen LogP contribution in [0.4, 0.5) is 0 Å². The van der Waals surface area contributed by atoms with Gasteiger partial charge in [-0.25, -0.2) is 0 Å². The summed E-state index contributed by atoms with van der Waals surface area (Å²) in [6.45, 7) is 5.38. The van der Waals surface area contributed by atoms with Crippen LogP contribution in [0.25, 0.3) is 33.4 Å². The van der Waals surface area contributed by atoms with Gasteiger partial charge in [0, 0.05) is 75.5 Å². The maximum atomic E-state index is 3.95. The Kier molecular flexibility index (Phi) is 15.1. The lowest BCUT2D eigenvalue weighted by Gasteiger charge is -2.33. The predicted molar refractivity (Wildman–Crippen MR) is 275 cm³/mol. The summed E-state index contributed by atoms with van der Waals surface area (Å²) < 4.78 is 0. The highest BCUT2D eigenvalue weighted by molar-refractivity contribution is 5.66. The van der Waals surface area contributed by atoms with Crippen LogP contribution in [0.1, 0.15) is 110 Å². The summed E-state index contributed by atoms with van der Waals surface area (Å²) in [6.07, 6.45) is 15.1. The summed E-state index contributed by atoms with van der Waals surface area (Å²) in [4.78, 5) is 0. The second kappa shape index (κ2) is 22.3. The van der Waals surface area contributed by atoms with Gasteiger partial charge in [-0.3, -0.25) is 0 Å². The highest BCUT2D eigenvalue weighted by Gasteiger charge is 2.27. The monoisotopic (exact) mass is 877 g/mol. The van der Waals surface area contributed by atoms with Crippen molar-refractivity contribution < 1.29 is 0 Å². The summed E-state index contributed by atoms with van der Waals surface area (Å²) in [5, 5.41) is 23.7. The van der Waals surface area contributed by atoms with Crippen LogP contribution < -0.4 is 31.9 Å². The van der Waals surface area contributed by atoms with E-state index in [4.69, 9.17) is 0 Å². The molecule has 0 spiro atoms. The Labute approximate surface area is 395 Å². The largest absolute Gasteiger partial charge is 0.308 e.